The molecule has 2 heterocycles. The zero-order valence-corrected chi connectivity index (χ0v) is 16.0. The second-order valence-corrected chi connectivity index (χ2v) is 13.2. The Morgan fingerprint density at radius 3 is 2.48 bits per heavy atom. The molecule has 124 valence electrons. The highest BCUT2D eigenvalue weighted by atomic mass is 28.4. The highest BCUT2D eigenvalue weighted by Gasteiger charge is 2.50. The Balaban J connectivity index is 2.16. The fraction of sp³-hybridized carbons (Fsp3) is 1.00. The van der Waals surface area contributed by atoms with Gasteiger partial charge in [-0.2, -0.15) is 0 Å². The molecule has 0 saturated carbocycles. The van der Waals surface area contributed by atoms with Crippen LogP contribution in [0.5, 0.6) is 0 Å². The lowest BCUT2D eigenvalue weighted by molar-refractivity contribution is -0.240. The maximum absolute atomic E-state index is 6.73. The van der Waals surface area contributed by atoms with Crippen molar-refractivity contribution in [3.8, 4) is 0 Å². The first kappa shape index (κ1) is 17.5. The molecule has 2 saturated heterocycles. The minimum Gasteiger partial charge on any atom is -0.411 e. The summed E-state index contributed by atoms with van der Waals surface area (Å²) in [5.74, 6) is 0. The number of hydrogen-bond donors (Lipinski definition) is 0. The van der Waals surface area contributed by atoms with Crippen LogP contribution >= 0.6 is 0 Å². The minimum absolute atomic E-state index is 0.155. The van der Waals surface area contributed by atoms with Crippen molar-refractivity contribution in [1.29, 1.82) is 0 Å². The average Bonchev–Trinajstić information content (AvgIpc) is 2.38. The summed E-state index contributed by atoms with van der Waals surface area (Å²) in [6.45, 7) is 16.9. The van der Waals surface area contributed by atoms with Gasteiger partial charge < -0.3 is 13.9 Å². The summed E-state index contributed by atoms with van der Waals surface area (Å²) in [4.78, 5) is 0. The highest BCUT2D eigenvalue weighted by Crippen LogP contribution is 2.43. The van der Waals surface area contributed by atoms with Crippen molar-refractivity contribution in [3.05, 3.63) is 0 Å². The molecule has 4 atom stereocenters. The Bertz CT molecular complexity index is 364. The normalized spacial score (nSPS) is 38.1. The van der Waals surface area contributed by atoms with Gasteiger partial charge in [-0.15, -0.1) is 0 Å². The van der Waals surface area contributed by atoms with E-state index in [4.69, 9.17) is 13.9 Å². The van der Waals surface area contributed by atoms with E-state index in [1.165, 1.54) is 0 Å². The molecule has 0 bridgehead atoms. The van der Waals surface area contributed by atoms with E-state index in [1.807, 2.05) is 0 Å². The van der Waals surface area contributed by atoms with Crippen LogP contribution < -0.4 is 0 Å². The molecule has 0 aromatic rings. The van der Waals surface area contributed by atoms with Crippen LogP contribution in [0, 0.1) is 0 Å². The number of hydrogen-bond acceptors (Lipinski definition) is 3. The lowest BCUT2D eigenvalue weighted by Gasteiger charge is -2.52. The molecule has 2 rings (SSSR count). The van der Waals surface area contributed by atoms with E-state index in [9.17, 15) is 0 Å². The molecule has 2 fully saturated rings. The molecule has 0 aromatic heterocycles. The number of ether oxygens (including phenoxy) is 2. The second-order valence-electron chi connectivity index (χ2n) is 8.48. The molecule has 0 unspecified atom stereocenters. The maximum atomic E-state index is 6.73. The van der Waals surface area contributed by atoms with E-state index in [1.54, 1.807) is 0 Å². The molecule has 0 aliphatic carbocycles. The topological polar surface area (TPSA) is 27.7 Å². The summed E-state index contributed by atoms with van der Waals surface area (Å²) in [5.41, 5.74) is -0.169. The van der Waals surface area contributed by atoms with Crippen molar-refractivity contribution in [1.82, 2.24) is 0 Å². The predicted molar refractivity (Wildman–Crippen MR) is 89.2 cm³/mol. The standard InChI is InChI=1S/C17H34O3Si/c1-8-17(5)15(20-21(6,7)16(2,3)4)12-14-13(19-17)10-9-11-18-14/h13-15H,8-12H2,1-7H3/t13-,14+,15-,17+/m0/s1. The Kier molecular flexibility index (Phi) is 4.94. The first-order valence-corrected chi connectivity index (χ1v) is 11.5. The van der Waals surface area contributed by atoms with Crippen molar-refractivity contribution in [3.63, 3.8) is 0 Å². The van der Waals surface area contributed by atoms with Crippen molar-refractivity contribution >= 4 is 8.32 Å². The first-order valence-electron chi connectivity index (χ1n) is 8.56. The monoisotopic (exact) mass is 314 g/mol. The van der Waals surface area contributed by atoms with Gasteiger partial charge in [0.05, 0.1) is 23.9 Å². The number of rotatable bonds is 3. The SMILES string of the molecule is CC[C@@]1(C)O[C@H]2CCCO[C@@H]2C[C@@H]1O[Si](C)(C)C(C)(C)C. The van der Waals surface area contributed by atoms with Gasteiger partial charge in [-0.25, -0.2) is 0 Å². The van der Waals surface area contributed by atoms with Gasteiger partial charge in [-0.05, 0) is 44.3 Å². The lowest BCUT2D eigenvalue weighted by Crippen LogP contribution is -2.60. The van der Waals surface area contributed by atoms with E-state index < -0.39 is 8.32 Å². The number of fused-ring (bicyclic) bond motifs is 1. The van der Waals surface area contributed by atoms with Crippen LogP contribution in [-0.2, 0) is 13.9 Å². The zero-order chi connectivity index (χ0) is 15.9. The van der Waals surface area contributed by atoms with Gasteiger partial charge in [0.25, 0.3) is 0 Å². The van der Waals surface area contributed by atoms with Crippen LogP contribution in [0.2, 0.25) is 18.1 Å². The van der Waals surface area contributed by atoms with Crippen molar-refractivity contribution in [2.75, 3.05) is 6.61 Å². The summed E-state index contributed by atoms with van der Waals surface area (Å²) >= 11 is 0. The smallest absolute Gasteiger partial charge is 0.192 e. The molecule has 0 radical (unpaired) electrons. The Labute approximate surface area is 131 Å². The largest absolute Gasteiger partial charge is 0.411 e. The van der Waals surface area contributed by atoms with Crippen molar-refractivity contribution in [2.45, 2.75) is 102 Å². The summed E-state index contributed by atoms with van der Waals surface area (Å²) in [5, 5.41) is 0.228. The van der Waals surface area contributed by atoms with E-state index in [0.29, 0.717) is 0 Å². The second kappa shape index (κ2) is 5.95. The summed E-state index contributed by atoms with van der Waals surface area (Å²) in [6, 6.07) is 0. The Morgan fingerprint density at radius 2 is 1.90 bits per heavy atom. The van der Waals surface area contributed by atoms with E-state index in [2.05, 4.69) is 47.7 Å². The van der Waals surface area contributed by atoms with Crippen molar-refractivity contribution in [2.24, 2.45) is 0 Å². The van der Waals surface area contributed by atoms with Gasteiger partial charge in [0.2, 0.25) is 0 Å². The summed E-state index contributed by atoms with van der Waals surface area (Å²) < 4.78 is 19.2. The zero-order valence-electron chi connectivity index (χ0n) is 15.0. The molecular formula is C17H34O3Si. The molecule has 0 spiro atoms. The first-order chi connectivity index (χ1) is 9.59. The van der Waals surface area contributed by atoms with E-state index >= 15 is 0 Å². The van der Waals surface area contributed by atoms with Crippen molar-refractivity contribution < 1.29 is 13.9 Å². The molecule has 4 heteroatoms. The van der Waals surface area contributed by atoms with Gasteiger partial charge in [-0.3, -0.25) is 0 Å². The molecule has 0 N–H and O–H groups in total. The predicted octanol–water partition coefficient (Wildman–Crippen LogP) is 4.51. The average molecular weight is 315 g/mol. The summed E-state index contributed by atoms with van der Waals surface area (Å²) in [7, 11) is -1.79. The van der Waals surface area contributed by atoms with Gasteiger partial charge in [-0.1, -0.05) is 27.7 Å². The molecule has 0 amide bonds. The fourth-order valence-corrected chi connectivity index (χ4v) is 4.48. The van der Waals surface area contributed by atoms with Crippen LogP contribution in [-0.4, -0.2) is 38.8 Å². The maximum Gasteiger partial charge on any atom is 0.192 e. The van der Waals surface area contributed by atoms with Gasteiger partial charge >= 0.3 is 0 Å². The third kappa shape index (κ3) is 3.54. The van der Waals surface area contributed by atoms with E-state index in [0.717, 1.165) is 32.3 Å². The van der Waals surface area contributed by atoms with Gasteiger partial charge in [0.1, 0.15) is 0 Å². The molecule has 2 aliphatic heterocycles. The van der Waals surface area contributed by atoms with Crippen LogP contribution in [0.4, 0.5) is 0 Å². The molecule has 2 aliphatic rings. The quantitative estimate of drug-likeness (QED) is 0.717. The Morgan fingerprint density at radius 1 is 1.24 bits per heavy atom. The van der Waals surface area contributed by atoms with Gasteiger partial charge in [0, 0.05) is 13.0 Å². The molecular weight excluding hydrogens is 280 g/mol. The summed E-state index contributed by atoms with van der Waals surface area (Å²) in [6.07, 6.45) is 4.89. The highest BCUT2D eigenvalue weighted by molar-refractivity contribution is 6.74. The molecule has 0 aromatic carbocycles. The van der Waals surface area contributed by atoms with Crippen LogP contribution in [0.3, 0.4) is 0 Å². The van der Waals surface area contributed by atoms with Crippen LogP contribution in [0.1, 0.15) is 60.3 Å². The Hall–Kier alpha value is 0.0969. The fourth-order valence-electron chi connectivity index (χ4n) is 3.07. The third-order valence-corrected chi connectivity index (χ3v) is 10.4. The minimum atomic E-state index is -1.79. The van der Waals surface area contributed by atoms with Crippen LogP contribution in [0.25, 0.3) is 0 Å². The van der Waals surface area contributed by atoms with Crippen LogP contribution in [0.15, 0.2) is 0 Å². The van der Waals surface area contributed by atoms with Gasteiger partial charge in [0.15, 0.2) is 8.32 Å². The molecule has 21 heavy (non-hydrogen) atoms. The molecule has 3 nitrogen and oxygen atoms in total. The van der Waals surface area contributed by atoms with E-state index in [-0.39, 0.29) is 29.0 Å². The third-order valence-electron chi connectivity index (χ3n) is 5.87. The lowest BCUT2D eigenvalue weighted by atomic mass is 9.84.